The van der Waals surface area contributed by atoms with E-state index in [2.05, 4.69) is 13.8 Å². The van der Waals surface area contributed by atoms with E-state index in [1.165, 1.54) is 37.7 Å². The number of rotatable bonds is 7. The van der Waals surface area contributed by atoms with Crippen LogP contribution in [0.3, 0.4) is 0 Å². The summed E-state index contributed by atoms with van der Waals surface area (Å²) in [7, 11) is 0. The van der Waals surface area contributed by atoms with Crippen molar-refractivity contribution in [1.29, 1.82) is 0 Å². The van der Waals surface area contributed by atoms with Crippen LogP contribution in [0.25, 0.3) is 0 Å². The molecule has 16 heavy (non-hydrogen) atoms. The highest BCUT2D eigenvalue weighted by atomic mass is 16.3. The minimum Gasteiger partial charge on any atom is -0.508 e. The number of hydrogen-bond donors (Lipinski definition) is 1. The van der Waals surface area contributed by atoms with E-state index in [1.807, 2.05) is 12.1 Å². The Morgan fingerprint density at radius 3 is 2.38 bits per heavy atom. The van der Waals surface area contributed by atoms with Crippen LogP contribution in [0.5, 0.6) is 5.75 Å². The molecule has 0 radical (unpaired) electrons. The monoisotopic (exact) mass is 220 g/mol. The molecule has 1 nitrogen and oxygen atoms in total. The summed E-state index contributed by atoms with van der Waals surface area (Å²) in [4.78, 5) is 0. The summed E-state index contributed by atoms with van der Waals surface area (Å²) in [6, 6.07) is 7.61. The zero-order valence-corrected chi connectivity index (χ0v) is 10.6. The van der Waals surface area contributed by atoms with Crippen LogP contribution >= 0.6 is 0 Å². The molecule has 1 N–H and O–H groups in total. The van der Waals surface area contributed by atoms with Gasteiger partial charge in [-0.15, -0.1) is 0 Å². The minimum absolute atomic E-state index is 0.361. The predicted molar refractivity (Wildman–Crippen MR) is 69.7 cm³/mol. The van der Waals surface area contributed by atoms with E-state index in [-0.39, 0.29) is 0 Å². The van der Waals surface area contributed by atoms with Gasteiger partial charge in [-0.2, -0.15) is 0 Å². The van der Waals surface area contributed by atoms with Crippen LogP contribution in [0.1, 0.15) is 51.5 Å². The maximum Gasteiger partial charge on any atom is 0.115 e. The quantitative estimate of drug-likeness (QED) is 0.669. The first-order valence-corrected chi connectivity index (χ1v) is 6.50. The Balaban J connectivity index is 2.23. The lowest BCUT2D eigenvalue weighted by Crippen LogP contribution is -1.99. The Morgan fingerprint density at radius 2 is 1.75 bits per heavy atom. The van der Waals surface area contributed by atoms with Gasteiger partial charge in [0.15, 0.2) is 0 Å². The fourth-order valence-corrected chi connectivity index (χ4v) is 2.06. The molecule has 1 aromatic carbocycles. The maximum absolute atomic E-state index is 9.19. The Bertz CT molecular complexity index is 276. The van der Waals surface area contributed by atoms with Crippen molar-refractivity contribution < 1.29 is 5.11 Å². The van der Waals surface area contributed by atoms with E-state index in [4.69, 9.17) is 0 Å². The van der Waals surface area contributed by atoms with Crippen molar-refractivity contribution in [2.24, 2.45) is 5.92 Å². The first-order valence-electron chi connectivity index (χ1n) is 6.50. The molecule has 0 heterocycles. The normalized spacial score (nSPS) is 12.6. The number of aromatic hydroxyl groups is 1. The van der Waals surface area contributed by atoms with E-state index in [0.717, 1.165) is 12.3 Å². The molecule has 0 saturated heterocycles. The Hall–Kier alpha value is -0.980. The van der Waals surface area contributed by atoms with Crippen molar-refractivity contribution in [2.45, 2.75) is 52.4 Å². The minimum atomic E-state index is 0.361. The number of phenolic OH excluding ortho intramolecular Hbond substituents is 1. The molecule has 0 amide bonds. The number of hydrogen-bond acceptors (Lipinski definition) is 1. The molecule has 1 unspecified atom stereocenters. The third-order valence-electron chi connectivity index (χ3n) is 3.07. The molecular formula is C15H24O. The highest BCUT2D eigenvalue weighted by Crippen LogP contribution is 2.17. The van der Waals surface area contributed by atoms with Crippen LogP contribution in [-0.2, 0) is 6.42 Å². The molecule has 0 aliphatic rings. The van der Waals surface area contributed by atoms with Gasteiger partial charge in [-0.1, -0.05) is 58.1 Å². The van der Waals surface area contributed by atoms with Gasteiger partial charge in [-0.05, 0) is 30.0 Å². The summed E-state index contributed by atoms with van der Waals surface area (Å²) in [5, 5.41) is 9.19. The van der Waals surface area contributed by atoms with E-state index in [1.54, 1.807) is 12.1 Å². The van der Waals surface area contributed by atoms with Crippen molar-refractivity contribution in [3.05, 3.63) is 29.8 Å². The first kappa shape index (κ1) is 13.1. The Kier molecular flexibility index (Phi) is 5.99. The molecule has 1 aromatic rings. The highest BCUT2D eigenvalue weighted by molar-refractivity contribution is 5.26. The van der Waals surface area contributed by atoms with Gasteiger partial charge in [0.2, 0.25) is 0 Å². The van der Waals surface area contributed by atoms with Gasteiger partial charge in [0.25, 0.3) is 0 Å². The fourth-order valence-electron chi connectivity index (χ4n) is 2.06. The van der Waals surface area contributed by atoms with Crippen LogP contribution < -0.4 is 0 Å². The molecule has 0 aliphatic carbocycles. The van der Waals surface area contributed by atoms with E-state index >= 15 is 0 Å². The highest BCUT2D eigenvalue weighted by Gasteiger charge is 2.03. The summed E-state index contributed by atoms with van der Waals surface area (Å²) in [5.74, 6) is 1.11. The molecule has 0 aliphatic heterocycles. The average molecular weight is 220 g/mol. The van der Waals surface area contributed by atoms with E-state index in [9.17, 15) is 5.11 Å². The van der Waals surface area contributed by atoms with E-state index in [0.29, 0.717) is 5.75 Å². The zero-order chi connectivity index (χ0) is 11.8. The lowest BCUT2D eigenvalue weighted by Gasteiger charge is -2.11. The molecule has 0 aromatic heterocycles. The second-order valence-electron chi connectivity index (χ2n) is 4.83. The lowest BCUT2D eigenvalue weighted by atomic mass is 9.95. The SMILES string of the molecule is CCCCCCC(C)Cc1ccc(O)cc1. The summed E-state index contributed by atoms with van der Waals surface area (Å²) < 4.78 is 0. The topological polar surface area (TPSA) is 20.2 Å². The zero-order valence-electron chi connectivity index (χ0n) is 10.6. The summed E-state index contributed by atoms with van der Waals surface area (Å²) >= 11 is 0. The van der Waals surface area contributed by atoms with Crippen molar-refractivity contribution in [3.8, 4) is 5.75 Å². The third kappa shape index (κ3) is 5.20. The standard InChI is InChI=1S/C15H24O/c1-3-4-5-6-7-13(2)12-14-8-10-15(16)11-9-14/h8-11,13,16H,3-7,12H2,1-2H3. The lowest BCUT2D eigenvalue weighted by molar-refractivity contribution is 0.472. The van der Waals surface area contributed by atoms with E-state index < -0.39 is 0 Å². The summed E-state index contributed by atoms with van der Waals surface area (Å²) in [6.45, 7) is 4.57. The van der Waals surface area contributed by atoms with Crippen LogP contribution in [0.2, 0.25) is 0 Å². The molecule has 0 saturated carbocycles. The van der Waals surface area contributed by atoms with Gasteiger partial charge in [0, 0.05) is 0 Å². The van der Waals surface area contributed by atoms with Crippen molar-refractivity contribution in [2.75, 3.05) is 0 Å². The van der Waals surface area contributed by atoms with Crippen LogP contribution in [-0.4, -0.2) is 5.11 Å². The van der Waals surface area contributed by atoms with Gasteiger partial charge in [0.05, 0.1) is 0 Å². The fraction of sp³-hybridized carbons (Fsp3) is 0.600. The molecule has 0 bridgehead atoms. The molecule has 1 atom stereocenters. The Labute approximate surface area is 99.5 Å². The van der Waals surface area contributed by atoms with Gasteiger partial charge >= 0.3 is 0 Å². The smallest absolute Gasteiger partial charge is 0.115 e. The molecule has 1 rings (SSSR count). The number of phenols is 1. The van der Waals surface area contributed by atoms with Crippen molar-refractivity contribution in [3.63, 3.8) is 0 Å². The molecule has 0 spiro atoms. The molecule has 1 heteroatoms. The second-order valence-corrected chi connectivity index (χ2v) is 4.83. The predicted octanol–water partition coefficient (Wildman–Crippen LogP) is 4.54. The summed E-state index contributed by atoms with van der Waals surface area (Å²) in [5.41, 5.74) is 1.33. The number of benzene rings is 1. The first-order chi connectivity index (χ1) is 7.72. The van der Waals surface area contributed by atoms with Crippen LogP contribution in [0, 0.1) is 5.92 Å². The maximum atomic E-state index is 9.19. The summed E-state index contributed by atoms with van der Waals surface area (Å²) in [6.07, 6.45) is 7.86. The average Bonchev–Trinajstić information content (AvgIpc) is 2.28. The molecule has 90 valence electrons. The molecule has 0 fully saturated rings. The largest absolute Gasteiger partial charge is 0.508 e. The van der Waals surface area contributed by atoms with Gasteiger partial charge in [0.1, 0.15) is 5.75 Å². The third-order valence-corrected chi connectivity index (χ3v) is 3.07. The van der Waals surface area contributed by atoms with Gasteiger partial charge in [-0.3, -0.25) is 0 Å². The van der Waals surface area contributed by atoms with Gasteiger partial charge < -0.3 is 5.11 Å². The van der Waals surface area contributed by atoms with Gasteiger partial charge in [-0.25, -0.2) is 0 Å². The Morgan fingerprint density at radius 1 is 1.06 bits per heavy atom. The van der Waals surface area contributed by atoms with Crippen molar-refractivity contribution in [1.82, 2.24) is 0 Å². The second kappa shape index (κ2) is 7.32. The number of unbranched alkanes of at least 4 members (excludes halogenated alkanes) is 3. The van der Waals surface area contributed by atoms with Crippen LogP contribution in [0.15, 0.2) is 24.3 Å². The van der Waals surface area contributed by atoms with Crippen LogP contribution in [0.4, 0.5) is 0 Å². The molecular weight excluding hydrogens is 196 g/mol. The van der Waals surface area contributed by atoms with Crippen molar-refractivity contribution >= 4 is 0 Å².